The Kier molecular flexibility index (Phi) is 6.00. The van der Waals surface area contributed by atoms with E-state index in [0.29, 0.717) is 12.1 Å². The summed E-state index contributed by atoms with van der Waals surface area (Å²) in [4.78, 5) is 13.9. The van der Waals surface area contributed by atoms with Gasteiger partial charge in [0, 0.05) is 32.9 Å². The monoisotopic (exact) mass is 411 g/mol. The van der Waals surface area contributed by atoms with E-state index in [9.17, 15) is 4.79 Å². The maximum Gasteiger partial charge on any atom is 0.253 e. The highest BCUT2D eigenvalue weighted by Crippen LogP contribution is 2.21. The maximum absolute atomic E-state index is 12.1. The normalized spacial score (nSPS) is 10.2. The zero-order valence-electron chi connectivity index (χ0n) is 8.84. The topological polar surface area (TPSA) is 20.3 Å². The second-order valence-corrected chi connectivity index (χ2v) is 5.86. The second kappa shape index (κ2) is 6.77. The van der Waals surface area contributed by atoms with Crippen LogP contribution in [0.15, 0.2) is 27.1 Å². The predicted octanol–water partition coefficient (Wildman–Crippen LogP) is 4.07. The van der Waals surface area contributed by atoms with Crippen molar-refractivity contribution in [2.75, 3.05) is 18.4 Å². The van der Waals surface area contributed by atoms with Gasteiger partial charge in [0.15, 0.2) is 0 Å². The molecule has 0 bridgehead atoms. The van der Waals surface area contributed by atoms with Gasteiger partial charge >= 0.3 is 0 Å². The second-order valence-electron chi connectivity index (χ2n) is 3.23. The van der Waals surface area contributed by atoms with E-state index in [1.165, 1.54) is 0 Å². The van der Waals surface area contributed by atoms with Gasteiger partial charge in [-0.05, 0) is 25.1 Å². The van der Waals surface area contributed by atoms with Crippen LogP contribution in [0.25, 0.3) is 0 Å². The molecule has 0 heterocycles. The summed E-state index contributed by atoms with van der Waals surface area (Å²) in [5.74, 6) is 0.0592. The number of amides is 1. The molecular formula is C11H12Br3NO. The van der Waals surface area contributed by atoms with Gasteiger partial charge in [-0.1, -0.05) is 47.8 Å². The lowest BCUT2D eigenvalue weighted by Crippen LogP contribution is -2.32. The van der Waals surface area contributed by atoms with E-state index in [1.807, 2.05) is 30.0 Å². The molecular weight excluding hydrogens is 402 g/mol. The zero-order chi connectivity index (χ0) is 12.1. The molecule has 0 atom stereocenters. The first-order valence-corrected chi connectivity index (χ1v) is 7.60. The lowest BCUT2D eigenvalue weighted by Gasteiger charge is -2.19. The van der Waals surface area contributed by atoms with E-state index >= 15 is 0 Å². The molecule has 0 fully saturated rings. The van der Waals surface area contributed by atoms with Crippen LogP contribution in [0.3, 0.4) is 0 Å². The first-order chi connectivity index (χ1) is 7.58. The fourth-order valence-electron chi connectivity index (χ4n) is 1.37. The first kappa shape index (κ1) is 14.2. The van der Waals surface area contributed by atoms with E-state index in [1.54, 1.807) is 0 Å². The molecule has 1 rings (SSSR count). The van der Waals surface area contributed by atoms with Crippen molar-refractivity contribution in [3.05, 3.63) is 32.7 Å². The quantitative estimate of drug-likeness (QED) is 0.681. The van der Waals surface area contributed by atoms with Crippen LogP contribution in [0.1, 0.15) is 17.3 Å². The van der Waals surface area contributed by atoms with E-state index in [2.05, 4.69) is 47.8 Å². The molecule has 1 amide bonds. The number of halogens is 3. The Hall–Kier alpha value is 0.130. The van der Waals surface area contributed by atoms with Gasteiger partial charge in [0.05, 0.1) is 0 Å². The standard InChI is InChI=1S/C11H12Br3NO/c1-2-15(4-3-12)11(16)8-5-9(13)7-10(14)6-8/h5-7H,2-4H2,1H3. The van der Waals surface area contributed by atoms with Crippen molar-refractivity contribution in [3.63, 3.8) is 0 Å². The fraction of sp³-hybridized carbons (Fsp3) is 0.364. The Morgan fingerprint density at radius 1 is 1.25 bits per heavy atom. The number of hydrogen-bond acceptors (Lipinski definition) is 1. The summed E-state index contributed by atoms with van der Waals surface area (Å²) in [6.45, 7) is 3.42. The summed E-state index contributed by atoms with van der Waals surface area (Å²) in [5, 5.41) is 0.793. The molecule has 0 aliphatic carbocycles. The molecule has 1 aromatic carbocycles. The van der Waals surface area contributed by atoms with Crippen molar-refractivity contribution >= 4 is 53.7 Å². The number of carbonyl (C=O) groups excluding carboxylic acids is 1. The molecule has 0 saturated heterocycles. The van der Waals surface area contributed by atoms with Crippen molar-refractivity contribution in [1.29, 1.82) is 0 Å². The molecule has 0 spiro atoms. The van der Waals surface area contributed by atoms with Crippen LogP contribution in [0, 0.1) is 0 Å². The first-order valence-electron chi connectivity index (χ1n) is 4.89. The Morgan fingerprint density at radius 3 is 2.25 bits per heavy atom. The van der Waals surface area contributed by atoms with Crippen molar-refractivity contribution in [3.8, 4) is 0 Å². The summed E-state index contributed by atoms with van der Waals surface area (Å²) in [6.07, 6.45) is 0. The summed E-state index contributed by atoms with van der Waals surface area (Å²) in [6, 6.07) is 5.59. The lowest BCUT2D eigenvalue weighted by molar-refractivity contribution is 0.0775. The van der Waals surface area contributed by atoms with E-state index in [0.717, 1.165) is 20.8 Å². The summed E-state index contributed by atoms with van der Waals surface area (Å²) >= 11 is 10.1. The van der Waals surface area contributed by atoms with Gasteiger partial charge in [-0.2, -0.15) is 0 Å². The van der Waals surface area contributed by atoms with Gasteiger partial charge in [-0.3, -0.25) is 4.79 Å². The molecule has 0 saturated carbocycles. The molecule has 0 unspecified atom stereocenters. The minimum absolute atomic E-state index is 0.0592. The van der Waals surface area contributed by atoms with Gasteiger partial charge in [-0.15, -0.1) is 0 Å². The number of benzene rings is 1. The van der Waals surface area contributed by atoms with Crippen molar-refractivity contribution in [2.24, 2.45) is 0 Å². The van der Waals surface area contributed by atoms with Crippen molar-refractivity contribution in [2.45, 2.75) is 6.92 Å². The van der Waals surface area contributed by atoms with Crippen LogP contribution >= 0.6 is 47.8 Å². The van der Waals surface area contributed by atoms with E-state index in [4.69, 9.17) is 0 Å². The number of rotatable bonds is 4. The van der Waals surface area contributed by atoms with Crippen LogP contribution in [-0.4, -0.2) is 29.2 Å². The van der Waals surface area contributed by atoms with Gasteiger partial charge in [0.25, 0.3) is 5.91 Å². The molecule has 0 aliphatic rings. The SMILES string of the molecule is CCN(CCBr)C(=O)c1cc(Br)cc(Br)c1. The maximum atomic E-state index is 12.1. The fourth-order valence-corrected chi connectivity index (χ4v) is 3.09. The molecule has 1 aromatic rings. The summed E-state index contributed by atoms with van der Waals surface area (Å²) < 4.78 is 1.81. The number of nitrogens with zero attached hydrogens (tertiary/aromatic N) is 1. The average molecular weight is 414 g/mol. The third-order valence-electron chi connectivity index (χ3n) is 2.13. The van der Waals surface area contributed by atoms with Crippen LogP contribution in [0.5, 0.6) is 0 Å². The minimum Gasteiger partial charge on any atom is -0.338 e. The Bertz CT molecular complexity index is 361. The van der Waals surface area contributed by atoms with Crippen LogP contribution in [-0.2, 0) is 0 Å². The molecule has 2 nitrogen and oxygen atoms in total. The van der Waals surface area contributed by atoms with E-state index in [-0.39, 0.29) is 5.91 Å². The molecule has 5 heteroatoms. The molecule has 0 aliphatic heterocycles. The summed E-state index contributed by atoms with van der Waals surface area (Å²) in [5.41, 5.74) is 0.698. The number of hydrogen-bond donors (Lipinski definition) is 0. The highest BCUT2D eigenvalue weighted by atomic mass is 79.9. The molecule has 16 heavy (non-hydrogen) atoms. The Morgan fingerprint density at radius 2 is 1.81 bits per heavy atom. The molecule has 0 radical (unpaired) electrons. The van der Waals surface area contributed by atoms with Crippen molar-refractivity contribution < 1.29 is 4.79 Å². The minimum atomic E-state index is 0.0592. The Labute approximate surface area is 121 Å². The Balaban J connectivity index is 2.94. The number of carbonyl (C=O) groups is 1. The third kappa shape index (κ3) is 3.86. The zero-order valence-corrected chi connectivity index (χ0v) is 13.6. The van der Waals surface area contributed by atoms with Crippen LogP contribution in [0.4, 0.5) is 0 Å². The van der Waals surface area contributed by atoms with Crippen molar-refractivity contribution in [1.82, 2.24) is 4.90 Å². The van der Waals surface area contributed by atoms with Crippen LogP contribution in [0.2, 0.25) is 0 Å². The smallest absolute Gasteiger partial charge is 0.253 e. The number of alkyl halides is 1. The average Bonchev–Trinajstić information content (AvgIpc) is 2.23. The highest BCUT2D eigenvalue weighted by molar-refractivity contribution is 9.11. The lowest BCUT2D eigenvalue weighted by atomic mass is 10.2. The van der Waals surface area contributed by atoms with Gasteiger partial charge in [-0.25, -0.2) is 0 Å². The largest absolute Gasteiger partial charge is 0.338 e. The van der Waals surface area contributed by atoms with E-state index < -0.39 is 0 Å². The summed E-state index contributed by atoms with van der Waals surface area (Å²) in [7, 11) is 0. The molecule has 0 N–H and O–H groups in total. The molecule has 88 valence electrons. The predicted molar refractivity (Wildman–Crippen MR) is 77.2 cm³/mol. The molecule has 0 aromatic heterocycles. The third-order valence-corrected chi connectivity index (χ3v) is 3.40. The highest BCUT2D eigenvalue weighted by Gasteiger charge is 2.14. The van der Waals surface area contributed by atoms with Gasteiger partial charge < -0.3 is 4.90 Å². The van der Waals surface area contributed by atoms with Gasteiger partial charge in [0.2, 0.25) is 0 Å². The van der Waals surface area contributed by atoms with Crippen LogP contribution < -0.4 is 0 Å². The van der Waals surface area contributed by atoms with Gasteiger partial charge in [0.1, 0.15) is 0 Å².